The molecule has 0 unspecified atom stereocenters. The van der Waals surface area contributed by atoms with Crippen molar-refractivity contribution >= 4 is 12.0 Å². The first-order chi connectivity index (χ1) is 11.2. The molecule has 0 bridgehead atoms. The number of hydrogen-bond acceptors (Lipinski definition) is 3. The van der Waals surface area contributed by atoms with Crippen molar-refractivity contribution in [1.29, 1.82) is 5.26 Å². The average Bonchev–Trinajstić information content (AvgIpc) is 2.60. The number of nitrogens with one attached hydrogen (secondary N) is 1. The zero-order valence-electron chi connectivity index (χ0n) is 13.0. The molecular weight excluding hydrogens is 288 g/mol. The van der Waals surface area contributed by atoms with E-state index in [-0.39, 0.29) is 5.91 Å². The molecule has 2 rings (SSSR count). The molecule has 23 heavy (non-hydrogen) atoms. The van der Waals surface area contributed by atoms with Gasteiger partial charge in [-0.15, -0.1) is 0 Å². The van der Waals surface area contributed by atoms with Crippen molar-refractivity contribution < 1.29 is 9.53 Å². The van der Waals surface area contributed by atoms with Gasteiger partial charge in [0.25, 0.3) is 0 Å². The quantitative estimate of drug-likeness (QED) is 0.833. The van der Waals surface area contributed by atoms with Crippen molar-refractivity contribution in [3.8, 4) is 11.8 Å². The molecule has 2 aromatic carbocycles. The third kappa shape index (κ3) is 5.33. The lowest BCUT2D eigenvalue weighted by Gasteiger charge is -2.03. The summed E-state index contributed by atoms with van der Waals surface area (Å²) in [5.41, 5.74) is 2.49. The van der Waals surface area contributed by atoms with Gasteiger partial charge in [0.1, 0.15) is 5.75 Å². The van der Waals surface area contributed by atoms with Gasteiger partial charge in [-0.25, -0.2) is 0 Å². The first-order valence-corrected chi connectivity index (χ1v) is 7.39. The largest absolute Gasteiger partial charge is 0.494 e. The van der Waals surface area contributed by atoms with Crippen LogP contribution in [0.4, 0.5) is 0 Å². The average molecular weight is 306 g/mol. The van der Waals surface area contributed by atoms with Crippen LogP contribution in [0.1, 0.15) is 23.6 Å². The third-order valence-corrected chi connectivity index (χ3v) is 3.17. The molecule has 0 aromatic heterocycles. The van der Waals surface area contributed by atoms with E-state index in [4.69, 9.17) is 10.00 Å². The summed E-state index contributed by atoms with van der Waals surface area (Å²) in [4.78, 5) is 11.8. The highest BCUT2D eigenvalue weighted by Crippen LogP contribution is 2.13. The molecule has 0 aliphatic carbocycles. The maximum absolute atomic E-state index is 11.8. The fourth-order valence-corrected chi connectivity index (χ4v) is 1.96. The monoisotopic (exact) mass is 306 g/mol. The zero-order chi connectivity index (χ0) is 16.5. The summed E-state index contributed by atoms with van der Waals surface area (Å²) in [6.45, 7) is 3.00. The number of amides is 1. The molecule has 0 atom stereocenters. The molecule has 2 aromatic rings. The second-order valence-corrected chi connectivity index (χ2v) is 4.86. The molecule has 4 nitrogen and oxygen atoms in total. The highest BCUT2D eigenvalue weighted by atomic mass is 16.5. The van der Waals surface area contributed by atoms with Gasteiger partial charge in [0, 0.05) is 12.6 Å². The second-order valence-electron chi connectivity index (χ2n) is 4.86. The Morgan fingerprint density at radius 2 is 1.87 bits per heavy atom. The van der Waals surface area contributed by atoms with Gasteiger partial charge in [-0.05, 0) is 48.4 Å². The molecule has 0 fully saturated rings. The summed E-state index contributed by atoms with van der Waals surface area (Å²) in [7, 11) is 0. The number of nitrogens with zero attached hydrogens (tertiary/aromatic N) is 1. The highest BCUT2D eigenvalue weighted by Gasteiger charge is 1.98. The lowest BCUT2D eigenvalue weighted by atomic mass is 10.1. The van der Waals surface area contributed by atoms with Gasteiger partial charge >= 0.3 is 0 Å². The number of benzene rings is 2. The van der Waals surface area contributed by atoms with Crippen molar-refractivity contribution in [2.45, 2.75) is 13.5 Å². The molecule has 0 spiro atoms. The van der Waals surface area contributed by atoms with Gasteiger partial charge in [0.15, 0.2) is 0 Å². The SMILES string of the molecule is CCOc1ccc(/C=C/C(=O)NCc2ccc(C#N)cc2)cc1. The summed E-state index contributed by atoms with van der Waals surface area (Å²) < 4.78 is 5.37. The van der Waals surface area contributed by atoms with Gasteiger partial charge < -0.3 is 10.1 Å². The highest BCUT2D eigenvalue weighted by molar-refractivity contribution is 5.91. The third-order valence-electron chi connectivity index (χ3n) is 3.17. The van der Waals surface area contributed by atoms with Crippen molar-refractivity contribution in [1.82, 2.24) is 5.32 Å². The summed E-state index contributed by atoms with van der Waals surface area (Å²) >= 11 is 0. The van der Waals surface area contributed by atoms with E-state index >= 15 is 0 Å². The zero-order valence-corrected chi connectivity index (χ0v) is 13.0. The Labute approximate surface area is 136 Å². The van der Waals surface area contributed by atoms with E-state index in [1.54, 1.807) is 18.2 Å². The van der Waals surface area contributed by atoms with Crippen molar-refractivity contribution in [2.24, 2.45) is 0 Å². The number of rotatable bonds is 6. The van der Waals surface area contributed by atoms with E-state index in [0.29, 0.717) is 18.7 Å². The Bertz CT molecular complexity index is 711. The van der Waals surface area contributed by atoms with Gasteiger partial charge in [-0.3, -0.25) is 4.79 Å². The summed E-state index contributed by atoms with van der Waals surface area (Å²) in [5, 5.41) is 11.5. The molecule has 1 amide bonds. The van der Waals surface area contributed by atoms with Gasteiger partial charge in [0.05, 0.1) is 18.2 Å². The van der Waals surface area contributed by atoms with E-state index in [2.05, 4.69) is 11.4 Å². The van der Waals surface area contributed by atoms with Crippen LogP contribution in [0.2, 0.25) is 0 Å². The molecule has 0 heterocycles. The molecular formula is C19H18N2O2. The minimum Gasteiger partial charge on any atom is -0.494 e. The minimum absolute atomic E-state index is 0.164. The van der Waals surface area contributed by atoms with Crippen LogP contribution in [0.5, 0.6) is 5.75 Å². The first-order valence-electron chi connectivity index (χ1n) is 7.39. The van der Waals surface area contributed by atoms with Crippen LogP contribution in [-0.2, 0) is 11.3 Å². The second kappa shape index (κ2) is 8.40. The standard InChI is InChI=1S/C19H18N2O2/c1-2-23-18-10-7-15(8-11-18)9-12-19(22)21-14-17-5-3-16(13-20)4-6-17/h3-12H,2,14H2,1H3,(H,21,22)/b12-9+. The molecule has 0 saturated carbocycles. The Morgan fingerprint density at radius 1 is 1.17 bits per heavy atom. The number of ether oxygens (including phenoxy) is 1. The lowest BCUT2D eigenvalue weighted by Crippen LogP contribution is -2.20. The topological polar surface area (TPSA) is 62.1 Å². The minimum atomic E-state index is -0.164. The Hall–Kier alpha value is -3.06. The van der Waals surface area contributed by atoms with E-state index in [9.17, 15) is 4.79 Å². The molecule has 0 saturated heterocycles. The fraction of sp³-hybridized carbons (Fsp3) is 0.158. The molecule has 0 aliphatic heterocycles. The van der Waals surface area contributed by atoms with Crippen LogP contribution in [0.25, 0.3) is 6.08 Å². The van der Waals surface area contributed by atoms with Gasteiger partial charge in [0.2, 0.25) is 5.91 Å². The van der Waals surface area contributed by atoms with Crippen LogP contribution in [-0.4, -0.2) is 12.5 Å². The van der Waals surface area contributed by atoms with E-state index in [0.717, 1.165) is 16.9 Å². The van der Waals surface area contributed by atoms with Crippen molar-refractivity contribution in [3.05, 3.63) is 71.3 Å². The Morgan fingerprint density at radius 3 is 2.48 bits per heavy atom. The van der Waals surface area contributed by atoms with Crippen LogP contribution < -0.4 is 10.1 Å². The summed E-state index contributed by atoms with van der Waals surface area (Å²) in [6.07, 6.45) is 3.25. The predicted molar refractivity (Wildman–Crippen MR) is 89.6 cm³/mol. The normalized spacial score (nSPS) is 10.3. The molecule has 1 N–H and O–H groups in total. The number of hydrogen-bond donors (Lipinski definition) is 1. The molecule has 116 valence electrons. The van der Waals surface area contributed by atoms with Crippen LogP contribution in [0, 0.1) is 11.3 Å². The van der Waals surface area contributed by atoms with Gasteiger partial charge in [-0.1, -0.05) is 24.3 Å². The van der Waals surface area contributed by atoms with Gasteiger partial charge in [-0.2, -0.15) is 5.26 Å². The maximum Gasteiger partial charge on any atom is 0.244 e. The first kappa shape index (κ1) is 16.3. The lowest BCUT2D eigenvalue weighted by molar-refractivity contribution is -0.116. The van der Waals surface area contributed by atoms with E-state index in [1.807, 2.05) is 43.3 Å². The van der Waals surface area contributed by atoms with Crippen LogP contribution >= 0.6 is 0 Å². The Balaban J connectivity index is 1.84. The fourth-order valence-electron chi connectivity index (χ4n) is 1.96. The smallest absolute Gasteiger partial charge is 0.244 e. The number of nitriles is 1. The maximum atomic E-state index is 11.8. The Kier molecular flexibility index (Phi) is 5.96. The van der Waals surface area contributed by atoms with E-state index in [1.165, 1.54) is 6.08 Å². The molecule has 4 heteroatoms. The summed E-state index contributed by atoms with van der Waals surface area (Å²) in [6, 6.07) is 16.7. The number of carbonyl (C=O) groups is 1. The van der Waals surface area contributed by atoms with Crippen LogP contribution in [0.3, 0.4) is 0 Å². The molecule has 0 aliphatic rings. The van der Waals surface area contributed by atoms with Crippen molar-refractivity contribution in [3.63, 3.8) is 0 Å². The van der Waals surface area contributed by atoms with E-state index < -0.39 is 0 Å². The summed E-state index contributed by atoms with van der Waals surface area (Å²) in [5.74, 6) is 0.651. The predicted octanol–water partition coefficient (Wildman–Crippen LogP) is 3.29. The number of carbonyl (C=O) groups excluding carboxylic acids is 1. The van der Waals surface area contributed by atoms with Crippen molar-refractivity contribution in [2.75, 3.05) is 6.61 Å². The molecule has 0 radical (unpaired) electrons. The van der Waals surface area contributed by atoms with Crippen LogP contribution in [0.15, 0.2) is 54.6 Å².